The van der Waals surface area contributed by atoms with Gasteiger partial charge in [0, 0.05) is 5.69 Å². The fourth-order valence-corrected chi connectivity index (χ4v) is 3.55. The second-order valence-electron chi connectivity index (χ2n) is 7.41. The van der Waals surface area contributed by atoms with E-state index in [1.165, 1.54) is 17.0 Å². The van der Waals surface area contributed by atoms with Gasteiger partial charge in [-0.2, -0.15) is 0 Å². The first-order chi connectivity index (χ1) is 14.6. The number of benzene rings is 2. The van der Waals surface area contributed by atoms with E-state index in [2.05, 4.69) is 10.2 Å². The van der Waals surface area contributed by atoms with Gasteiger partial charge in [0.05, 0.1) is 29.6 Å². The number of rotatable bonds is 4. The lowest BCUT2D eigenvalue weighted by Crippen LogP contribution is -2.44. The van der Waals surface area contributed by atoms with Gasteiger partial charge in [0.2, 0.25) is 0 Å². The predicted molar refractivity (Wildman–Crippen MR) is 119 cm³/mol. The minimum absolute atomic E-state index is 0.190. The molecule has 1 aliphatic rings. The molecule has 4 amide bonds. The van der Waals surface area contributed by atoms with Crippen LogP contribution in [0.3, 0.4) is 0 Å². The number of ether oxygens (including phenoxy) is 1. The molecule has 0 spiro atoms. The number of nitrogens with one attached hydrogen (secondary N) is 1. The summed E-state index contributed by atoms with van der Waals surface area (Å²) in [5, 5.41) is 2.79. The number of aryl methyl sites for hydroxylation is 1. The Bertz CT molecular complexity index is 1120. The smallest absolute Gasteiger partial charge is 0.411 e. The van der Waals surface area contributed by atoms with E-state index < -0.39 is 23.6 Å². The van der Waals surface area contributed by atoms with Crippen LogP contribution in [0.15, 0.2) is 36.4 Å². The van der Waals surface area contributed by atoms with Gasteiger partial charge in [0.1, 0.15) is 5.54 Å². The molecule has 9 heteroatoms. The molecule has 3 rings (SSSR count). The maximum Gasteiger partial charge on any atom is 0.411 e. The van der Waals surface area contributed by atoms with E-state index in [4.69, 9.17) is 22.9 Å². The van der Waals surface area contributed by atoms with Crippen LogP contribution in [0, 0.1) is 13.5 Å². The van der Waals surface area contributed by atoms with Crippen molar-refractivity contribution in [1.29, 1.82) is 0 Å². The Balaban J connectivity index is 2.02. The zero-order chi connectivity index (χ0) is 22.9. The lowest BCUT2D eigenvalue weighted by molar-refractivity contribution is -0.120. The Morgan fingerprint density at radius 1 is 1.19 bits per heavy atom. The van der Waals surface area contributed by atoms with Crippen molar-refractivity contribution >= 4 is 52.4 Å². The van der Waals surface area contributed by atoms with Crippen LogP contribution >= 0.6 is 11.6 Å². The first-order valence-electron chi connectivity index (χ1n) is 9.52. The van der Waals surface area contributed by atoms with E-state index in [0.717, 1.165) is 4.90 Å². The average molecular weight is 441 g/mol. The number of halogens is 1. The summed E-state index contributed by atoms with van der Waals surface area (Å²) in [6.45, 7) is 14.1. The van der Waals surface area contributed by atoms with Crippen molar-refractivity contribution in [2.75, 3.05) is 21.7 Å². The molecule has 0 radical (unpaired) electrons. The Morgan fingerprint density at radius 2 is 1.87 bits per heavy atom. The summed E-state index contributed by atoms with van der Waals surface area (Å²) in [4.78, 5) is 44.2. The summed E-state index contributed by atoms with van der Waals surface area (Å²) in [6, 6.07) is 8.89. The number of anilines is 3. The molecular formula is C22H21ClN4O4. The van der Waals surface area contributed by atoms with Crippen molar-refractivity contribution < 1.29 is 19.1 Å². The van der Waals surface area contributed by atoms with Gasteiger partial charge in [0.15, 0.2) is 5.69 Å². The van der Waals surface area contributed by atoms with E-state index >= 15 is 0 Å². The van der Waals surface area contributed by atoms with Crippen molar-refractivity contribution in [3.63, 3.8) is 0 Å². The summed E-state index contributed by atoms with van der Waals surface area (Å²) in [5.74, 6) is -0.415. The maximum atomic E-state index is 13.3. The normalized spacial score (nSPS) is 15.1. The van der Waals surface area contributed by atoms with E-state index in [-0.39, 0.29) is 17.3 Å². The summed E-state index contributed by atoms with van der Waals surface area (Å²) < 4.78 is 4.88. The van der Waals surface area contributed by atoms with Crippen LogP contribution in [0.5, 0.6) is 0 Å². The molecule has 0 atom stereocenters. The fourth-order valence-electron chi connectivity index (χ4n) is 3.39. The number of carbonyl (C=O) groups excluding carboxylic acids is 3. The lowest BCUT2D eigenvalue weighted by Gasteiger charge is -2.28. The van der Waals surface area contributed by atoms with Crippen LogP contribution in [-0.4, -0.2) is 30.2 Å². The summed E-state index contributed by atoms with van der Waals surface area (Å²) in [7, 11) is 0. The van der Waals surface area contributed by atoms with Crippen LogP contribution in [0.2, 0.25) is 5.02 Å². The second-order valence-corrected chi connectivity index (χ2v) is 7.82. The lowest BCUT2D eigenvalue weighted by atomic mass is 10.0. The van der Waals surface area contributed by atoms with Gasteiger partial charge < -0.3 is 4.74 Å². The molecule has 1 N–H and O–H groups in total. The Hall–Kier alpha value is -3.57. The van der Waals surface area contributed by atoms with Gasteiger partial charge in [0.25, 0.3) is 5.91 Å². The first-order valence-corrected chi connectivity index (χ1v) is 9.89. The maximum absolute atomic E-state index is 13.3. The molecule has 1 fully saturated rings. The predicted octanol–water partition coefficient (Wildman–Crippen LogP) is 5.52. The third kappa shape index (κ3) is 3.92. The highest BCUT2D eigenvalue weighted by molar-refractivity contribution is 6.34. The van der Waals surface area contributed by atoms with Gasteiger partial charge in [-0.1, -0.05) is 17.7 Å². The first kappa shape index (κ1) is 22.1. The SMILES string of the molecule is [C-]#[N+]c1ccc(N2C(=O)N(c3ccc(Cl)c(NC(=O)OCC)c3)C(C)(C)C2=O)cc1C. The number of amides is 4. The summed E-state index contributed by atoms with van der Waals surface area (Å²) in [6.07, 6.45) is -0.679. The van der Waals surface area contributed by atoms with Crippen LogP contribution in [0.4, 0.5) is 32.3 Å². The number of hydrogen-bond donors (Lipinski definition) is 1. The van der Waals surface area contributed by atoms with E-state index in [0.29, 0.717) is 22.6 Å². The molecule has 0 bridgehead atoms. The van der Waals surface area contributed by atoms with Crippen molar-refractivity contribution in [2.45, 2.75) is 33.2 Å². The number of carbonyl (C=O) groups is 3. The van der Waals surface area contributed by atoms with Gasteiger partial charge in [-0.15, -0.1) is 0 Å². The van der Waals surface area contributed by atoms with E-state index in [1.54, 1.807) is 52.0 Å². The van der Waals surface area contributed by atoms with E-state index in [9.17, 15) is 14.4 Å². The summed E-state index contributed by atoms with van der Waals surface area (Å²) in [5.41, 5.74) is 0.941. The molecule has 1 aliphatic heterocycles. The van der Waals surface area contributed by atoms with Crippen molar-refractivity contribution in [3.05, 3.63) is 58.4 Å². The largest absolute Gasteiger partial charge is 0.450 e. The molecule has 0 saturated carbocycles. The molecule has 2 aromatic carbocycles. The molecule has 8 nitrogen and oxygen atoms in total. The Morgan fingerprint density at radius 3 is 2.48 bits per heavy atom. The number of imide groups is 1. The van der Waals surface area contributed by atoms with Gasteiger partial charge >= 0.3 is 12.1 Å². The molecular weight excluding hydrogens is 420 g/mol. The fraction of sp³-hybridized carbons (Fsp3) is 0.273. The molecule has 1 heterocycles. The molecule has 31 heavy (non-hydrogen) atoms. The molecule has 0 unspecified atom stereocenters. The Labute approximate surface area is 185 Å². The number of urea groups is 1. The summed E-state index contributed by atoms with van der Waals surface area (Å²) >= 11 is 6.18. The number of hydrogen-bond acceptors (Lipinski definition) is 4. The standard InChI is InChI=1S/C22H21ClN4O4/c1-6-31-20(29)25-18-12-15(7-9-16(18)23)27-21(30)26(19(28)22(27,3)4)14-8-10-17(24-5)13(2)11-14/h7-12H,6H2,1-4H3,(H,25,29). The van der Waals surface area contributed by atoms with Crippen molar-refractivity contribution in [1.82, 2.24) is 0 Å². The molecule has 0 aromatic heterocycles. The second kappa shape index (κ2) is 8.28. The van der Waals surface area contributed by atoms with Gasteiger partial charge in [-0.3, -0.25) is 15.0 Å². The monoisotopic (exact) mass is 440 g/mol. The topological polar surface area (TPSA) is 83.3 Å². The highest BCUT2D eigenvalue weighted by atomic mass is 35.5. The zero-order valence-corrected chi connectivity index (χ0v) is 18.3. The number of nitrogens with zero attached hydrogens (tertiary/aromatic N) is 3. The minimum Gasteiger partial charge on any atom is -0.450 e. The molecule has 0 aliphatic carbocycles. The van der Waals surface area contributed by atoms with Crippen molar-refractivity contribution in [3.8, 4) is 0 Å². The molecule has 2 aromatic rings. The minimum atomic E-state index is -1.20. The zero-order valence-electron chi connectivity index (χ0n) is 17.5. The average Bonchev–Trinajstić information content (AvgIpc) is 2.88. The highest BCUT2D eigenvalue weighted by Gasteiger charge is 2.52. The third-order valence-corrected chi connectivity index (χ3v) is 5.28. The van der Waals surface area contributed by atoms with Crippen molar-refractivity contribution in [2.24, 2.45) is 0 Å². The van der Waals surface area contributed by atoms with Crippen LogP contribution in [0.25, 0.3) is 4.85 Å². The third-order valence-electron chi connectivity index (χ3n) is 4.95. The quantitative estimate of drug-likeness (QED) is 0.501. The van der Waals surface area contributed by atoms with Crippen LogP contribution in [-0.2, 0) is 9.53 Å². The highest BCUT2D eigenvalue weighted by Crippen LogP contribution is 2.39. The van der Waals surface area contributed by atoms with E-state index in [1.807, 2.05) is 0 Å². The molecule has 160 valence electrons. The van der Waals surface area contributed by atoms with Gasteiger partial charge in [-0.25, -0.2) is 19.3 Å². The molecule has 1 saturated heterocycles. The van der Waals surface area contributed by atoms with Crippen LogP contribution in [0.1, 0.15) is 26.3 Å². The Kier molecular flexibility index (Phi) is 5.91. The van der Waals surface area contributed by atoms with Crippen LogP contribution < -0.4 is 15.1 Å². The van der Waals surface area contributed by atoms with Gasteiger partial charge in [-0.05, 0) is 63.6 Å².